The molecule has 5 aromatic rings. The van der Waals surface area contributed by atoms with Crippen molar-refractivity contribution in [2.75, 3.05) is 18.0 Å². The number of rotatable bonds is 10. The number of urea groups is 1. The van der Waals surface area contributed by atoms with Gasteiger partial charge in [0, 0.05) is 31.6 Å². The average molecular weight is 660 g/mol. The summed E-state index contributed by atoms with van der Waals surface area (Å²) in [6.45, 7) is 12.2. The summed E-state index contributed by atoms with van der Waals surface area (Å²) in [6, 6.07) is 27.9. The number of carbonyl (C=O) groups is 2. The van der Waals surface area contributed by atoms with Crippen LogP contribution in [0.25, 0.3) is 22.3 Å². The zero-order chi connectivity index (χ0) is 34.5. The maximum absolute atomic E-state index is 13.7. The Kier molecular flexibility index (Phi) is 9.99. The number of ether oxygens (including phenoxy) is 2. The van der Waals surface area contributed by atoms with E-state index in [9.17, 15) is 9.59 Å². The number of para-hydroxylation sites is 1. The number of imidazole rings is 1. The highest BCUT2D eigenvalue weighted by molar-refractivity contribution is 5.95. The molecule has 2 aromatic heterocycles. The SMILES string of the molecule is CCCCc1nc2cc(N3CCCN(Cc4ccccc4)C3=O)c(C)nc2n1Cc1ccc(-c2ccccc2OC(=O)OC(C)(C)C)cc1. The van der Waals surface area contributed by atoms with Gasteiger partial charge in [-0.05, 0) is 69.4 Å². The number of nitrogens with zero attached hydrogens (tertiary/aromatic N) is 5. The van der Waals surface area contributed by atoms with Crippen molar-refractivity contribution in [3.05, 3.63) is 108 Å². The molecule has 0 atom stereocenters. The summed E-state index contributed by atoms with van der Waals surface area (Å²) in [6.07, 6.45) is 3.06. The zero-order valence-electron chi connectivity index (χ0n) is 29.1. The molecule has 2 amide bonds. The first-order valence-electron chi connectivity index (χ1n) is 17.2. The van der Waals surface area contributed by atoms with Gasteiger partial charge in [0.2, 0.25) is 0 Å². The van der Waals surface area contributed by atoms with Crippen molar-refractivity contribution in [3.63, 3.8) is 0 Å². The number of aryl methyl sites for hydroxylation is 2. The van der Waals surface area contributed by atoms with Gasteiger partial charge in [-0.1, -0.05) is 86.1 Å². The van der Waals surface area contributed by atoms with Crippen LogP contribution in [0.2, 0.25) is 0 Å². The molecule has 0 N–H and O–H groups in total. The summed E-state index contributed by atoms with van der Waals surface area (Å²) < 4.78 is 13.2. The van der Waals surface area contributed by atoms with Crippen molar-refractivity contribution >= 4 is 29.0 Å². The fourth-order valence-corrected chi connectivity index (χ4v) is 6.22. The number of benzene rings is 3. The summed E-state index contributed by atoms with van der Waals surface area (Å²) in [4.78, 5) is 40.0. The van der Waals surface area contributed by atoms with Gasteiger partial charge in [0.1, 0.15) is 22.7 Å². The van der Waals surface area contributed by atoms with Crippen molar-refractivity contribution < 1.29 is 19.1 Å². The molecule has 49 heavy (non-hydrogen) atoms. The lowest BCUT2D eigenvalue weighted by molar-refractivity contribution is 0.0207. The molecule has 0 bridgehead atoms. The van der Waals surface area contributed by atoms with Gasteiger partial charge in [0.05, 0.1) is 17.9 Å². The van der Waals surface area contributed by atoms with Gasteiger partial charge in [0.25, 0.3) is 0 Å². The number of fused-ring (bicyclic) bond motifs is 1. The molecule has 0 saturated carbocycles. The van der Waals surface area contributed by atoms with E-state index < -0.39 is 11.8 Å². The smallest absolute Gasteiger partial charge is 0.428 e. The molecule has 1 saturated heterocycles. The highest BCUT2D eigenvalue weighted by atomic mass is 16.7. The van der Waals surface area contributed by atoms with E-state index in [1.807, 2.05) is 92.1 Å². The van der Waals surface area contributed by atoms with Gasteiger partial charge >= 0.3 is 12.2 Å². The van der Waals surface area contributed by atoms with Gasteiger partial charge in [-0.15, -0.1) is 0 Å². The van der Waals surface area contributed by atoms with E-state index in [-0.39, 0.29) is 6.03 Å². The highest BCUT2D eigenvalue weighted by Crippen LogP contribution is 2.32. The van der Waals surface area contributed by atoms with E-state index >= 15 is 0 Å². The van der Waals surface area contributed by atoms with Crippen molar-refractivity contribution in [1.29, 1.82) is 0 Å². The minimum Gasteiger partial charge on any atom is -0.428 e. The number of hydrogen-bond acceptors (Lipinski definition) is 6. The quantitative estimate of drug-likeness (QED) is 0.110. The largest absolute Gasteiger partial charge is 0.514 e. The maximum Gasteiger partial charge on any atom is 0.514 e. The Balaban J connectivity index is 1.25. The molecule has 0 aliphatic carbocycles. The highest BCUT2D eigenvalue weighted by Gasteiger charge is 2.29. The Morgan fingerprint density at radius 1 is 0.878 bits per heavy atom. The van der Waals surface area contributed by atoms with E-state index in [1.165, 1.54) is 0 Å². The Hall–Kier alpha value is -5.18. The number of hydrogen-bond donors (Lipinski definition) is 0. The van der Waals surface area contributed by atoms with Crippen LogP contribution in [0.4, 0.5) is 15.3 Å². The Morgan fingerprint density at radius 2 is 1.59 bits per heavy atom. The van der Waals surface area contributed by atoms with Gasteiger partial charge < -0.3 is 18.9 Å². The number of aromatic nitrogens is 3. The fourth-order valence-electron chi connectivity index (χ4n) is 6.22. The van der Waals surface area contributed by atoms with E-state index in [1.54, 1.807) is 6.07 Å². The molecule has 6 rings (SSSR count). The molecule has 3 heterocycles. The second-order valence-corrected chi connectivity index (χ2v) is 13.6. The predicted octanol–water partition coefficient (Wildman–Crippen LogP) is 8.94. The second-order valence-electron chi connectivity index (χ2n) is 13.6. The molecule has 0 unspecified atom stereocenters. The van der Waals surface area contributed by atoms with Crippen LogP contribution in [-0.4, -0.2) is 50.3 Å². The molecule has 1 fully saturated rings. The van der Waals surface area contributed by atoms with Crippen molar-refractivity contribution in [1.82, 2.24) is 19.4 Å². The standard InChI is InChI=1S/C40H45N5O4/c1-6-7-18-36-42-33-25-34(44-24-13-23-43(38(44)46)26-29-14-9-8-10-15-29)28(2)41-37(33)45(36)27-30-19-21-31(22-20-30)32-16-11-12-17-35(32)48-39(47)49-40(3,4)5/h8-12,14-17,19-22,25H,6-7,13,18,23-24,26-27H2,1-5H3. The van der Waals surface area contributed by atoms with Crippen LogP contribution < -0.4 is 9.64 Å². The third kappa shape index (κ3) is 7.94. The average Bonchev–Trinajstić information content (AvgIpc) is 3.40. The lowest BCUT2D eigenvalue weighted by Gasteiger charge is -2.36. The van der Waals surface area contributed by atoms with Crippen LogP contribution in [-0.2, 0) is 24.2 Å². The van der Waals surface area contributed by atoms with Crippen LogP contribution >= 0.6 is 0 Å². The third-order valence-electron chi connectivity index (χ3n) is 8.61. The van der Waals surface area contributed by atoms with Crippen LogP contribution in [0.1, 0.15) is 69.6 Å². The molecule has 0 radical (unpaired) electrons. The normalized spacial score (nSPS) is 13.6. The lowest BCUT2D eigenvalue weighted by atomic mass is 10.0. The second kappa shape index (κ2) is 14.5. The van der Waals surface area contributed by atoms with Gasteiger partial charge in [0.15, 0.2) is 5.65 Å². The van der Waals surface area contributed by atoms with Crippen LogP contribution in [0.3, 0.4) is 0 Å². The molecule has 1 aliphatic rings. The number of pyridine rings is 1. The monoisotopic (exact) mass is 659 g/mol. The minimum atomic E-state index is -0.733. The molecular formula is C40H45N5O4. The first-order chi connectivity index (χ1) is 23.6. The number of anilines is 1. The summed E-state index contributed by atoms with van der Waals surface area (Å²) in [7, 11) is 0. The predicted molar refractivity (Wildman–Crippen MR) is 193 cm³/mol. The Morgan fingerprint density at radius 3 is 2.33 bits per heavy atom. The Labute approximate surface area is 288 Å². The maximum atomic E-state index is 13.7. The van der Waals surface area contributed by atoms with Crippen LogP contribution in [0.5, 0.6) is 5.75 Å². The summed E-state index contributed by atoms with van der Waals surface area (Å²) in [5.41, 5.74) is 6.53. The summed E-state index contributed by atoms with van der Waals surface area (Å²) in [5.74, 6) is 1.43. The number of carbonyl (C=O) groups excluding carboxylic acids is 2. The van der Waals surface area contributed by atoms with Crippen molar-refractivity contribution in [3.8, 4) is 16.9 Å². The Bertz CT molecular complexity index is 1930. The minimum absolute atomic E-state index is 0.00292. The van der Waals surface area contributed by atoms with Crippen LogP contribution in [0.15, 0.2) is 84.9 Å². The molecule has 9 nitrogen and oxygen atoms in total. The molecular weight excluding hydrogens is 614 g/mol. The fraction of sp³-hybridized carbons (Fsp3) is 0.350. The molecule has 0 spiro atoms. The van der Waals surface area contributed by atoms with Gasteiger partial charge in [-0.25, -0.2) is 19.6 Å². The zero-order valence-corrected chi connectivity index (χ0v) is 29.1. The summed E-state index contributed by atoms with van der Waals surface area (Å²) in [5, 5.41) is 0. The number of amides is 2. The van der Waals surface area contributed by atoms with Crippen molar-refractivity contribution in [2.24, 2.45) is 0 Å². The van der Waals surface area contributed by atoms with Crippen LogP contribution in [0, 0.1) is 6.92 Å². The topological polar surface area (TPSA) is 89.8 Å². The molecule has 254 valence electrons. The molecule has 3 aromatic carbocycles. The summed E-state index contributed by atoms with van der Waals surface area (Å²) >= 11 is 0. The van der Waals surface area contributed by atoms with E-state index in [0.29, 0.717) is 25.4 Å². The van der Waals surface area contributed by atoms with E-state index in [4.69, 9.17) is 19.4 Å². The van der Waals surface area contributed by atoms with Gasteiger partial charge in [-0.3, -0.25) is 4.90 Å². The molecule has 9 heteroatoms. The first-order valence-corrected chi connectivity index (χ1v) is 17.2. The van der Waals surface area contributed by atoms with Crippen molar-refractivity contribution in [2.45, 2.75) is 79.0 Å². The number of unbranched alkanes of at least 4 members (excludes halogenated alkanes) is 1. The van der Waals surface area contributed by atoms with E-state index in [0.717, 1.165) is 82.9 Å². The van der Waals surface area contributed by atoms with E-state index in [2.05, 4.69) is 35.8 Å². The first kappa shape index (κ1) is 33.7. The third-order valence-corrected chi connectivity index (χ3v) is 8.61. The van der Waals surface area contributed by atoms with Gasteiger partial charge in [-0.2, -0.15) is 0 Å². The molecule has 1 aliphatic heterocycles. The lowest BCUT2D eigenvalue weighted by Crippen LogP contribution is -2.49.